The SMILES string of the molecule is O=C([O-])CCc1ccc(NCc2ccc3c(c2)N(Cc2ccccc2)CCC3)cc1F.[Na+]. The van der Waals surface area contributed by atoms with Gasteiger partial charge in [-0.15, -0.1) is 0 Å². The molecule has 4 rings (SSSR count). The van der Waals surface area contributed by atoms with E-state index in [0.29, 0.717) is 17.8 Å². The Balaban J connectivity index is 0.00000289. The largest absolute Gasteiger partial charge is 1.00 e. The number of anilines is 2. The van der Waals surface area contributed by atoms with Crippen LogP contribution in [0, 0.1) is 5.82 Å². The molecule has 0 saturated carbocycles. The topological polar surface area (TPSA) is 55.4 Å². The van der Waals surface area contributed by atoms with Crippen molar-refractivity contribution in [3.05, 3.63) is 94.8 Å². The first-order valence-corrected chi connectivity index (χ1v) is 10.7. The van der Waals surface area contributed by atoms with Crippen LogP contribution >= 0.6 is 0 Å². The predicted molar refractivity (Wildman–Crippen MR) is 119 cm³/mol. The van der Waals surface area contributed by atoms with Gasteiger partial charge in [-0.05, 0) is 66.1 Å². The molecule has 0 radical (unpaired) electrons. The maximum absolute atomic E-state index is 14.2. The minimum Gasteiger partial charge on any atom is -0.550 e. The molecule has 6 heteroatoms. The third-order valence-corrected chi connectivity index (χ3v) is 5.73. The predicted octanol–water partition coefficient (Wildman–Crippen LogP) is 1.08. The van der Waals surface area contributed by atoms with Gasteiger partial charge in [0.25, 0.3) is 0 Å². The molecule has 1 heterocycles. The number of halogens is 1. The van der Waals surface area contributed by atoms with Crippen LogP contribution in [-0.4, -0.2) is 12.5 Å². The summed E-state index contributed by atoms with van der Waals surface area (Å²) in [5, 5.41) is 13.9. The number of hydrogen-bond donors (Lipinski definition) is 1. The van der Waals surface area contributed by atoms with Gasteiger partial charge >= 0.3 is 29.6 Å². The summed E-state index contributed by atoms with van der Waals surface area (Å²) >= 11 is 0. The van der Waals surface area contributed by atoms with E-state index in [2.05, 4.69) is 52.7 Å². The van der Waals surface area contributed by atoms with Crippen LogP contribution in [0.15, 0.2) is 66.7 Å². The van der Waals surface area contributed by atoms with Crippen molar-refractivity contribution in [1.82, 2.24) is 0 Å². The number of carbonyl (C=O) groups excluding carboxylic acids is 1. The molecule has 0 atom stereocenters. The summed E-state index contributed by atoms with van der Waals surface area (Å²) in [4.78, 5) is 13.0. The third-order valence-electron chi connectivity index (χ3n) is 5.73. The molecule has 1 N–H and O–H groups in total. The van der Waals surface area contributed by atoms with E-state index in [1.54, 1.807) is 12.1 Å². The number of carboxylic acid groups (broad SMARTS) is 1. The minimum absolute atomic E-state index is 0. The number of hydrogen-bond acceptors (Lipinski definition) is 4. The van der Waals surface area contributed by atoms with Gasteiger partial charge in [0.1, 0.15) is 5.82 Å². The Morgan fingerprint density at radius 1 is 1.03 bits per heavy atom. The van der Waals surface area contributed by atoms with Crippen molar-refractivity contribution in [3.8, 4) is 0 Å². The summed E-state index contributed by atoms with van der Waals surface area (Å²) in [7, 11) is 0. The van der Waals surface area contributed by atoms with Crippen molar-refractivity contribution < 1.29 is 43.8 Å². The fourth-order valence-corrected chi connectivity index (χ4v) is 4.07. The molecule has 0 amide bonds. The standard InChI is InChI=1S/C26H27FN2O2.Na/c27-24-16-23(12-10-21(24)11-13-26(30)31)28-17-20-8-9-22-7-4-14-29(25(22)15-20)18-19-5-2-1-3-6-19;/h1-3,5-6,8-10,12,15-16,28H,4,7,11,13-14,17-18H2,(H,30,31);/q;+1/p-1. The number of aryl methyl sites for hydroxylation is 2. The molecule has 0 bridgehead atoms. The number of carbonyl (C=O) groups is 1. The van der Waals surface area contributed by atoms with Crippen molar-refractivity contribution in [2.45, 2.75) is 38.8 Å². The first-order chi connectivity index (χ1) is 15.1. The van der Waals surface area contributed by atoms with E-state index < -0.39 is 11.8 Å². The Kier molecular flexibility index (Phi) is 8.74. The van der Waals surface area contributed by atoms with E-state index in [1.807, 2.05) is 6.07 Å². The van der Waals surface area contributed by atoms with Crippen molar-refractivity contribution in [2.75, 3.05) is 16.8 Å². The van der Waals surface area contributed by atoms with E-state index in [0.717, 1.165) is 31.5 Å². The second kappa shape index (κ2) is 11.5. The number of rotatable bonds is 8. The molecule has 1 aliphatic heterocycles. The Hall–Kier alpha value is -2.34. The molecule has 3 aromatic carbocycles. The second-order valence-corrected chi connectivity index (χ2v) is 8.01. The quantitative estimate of drug-likeness (QED) is 0.533. The molecule has 0 unspecified atom stereocenters. The maximum atomic E-state index is 14.2. The number of aliphatic carboxylic acids is 1. The van der Waals surface area contributed by atoms with Gasteiger partial charge in [-0.25, -0.2) is 4.39 Å². The Morgan fingerprint density at radius 2 is 1.84 bits per heavy atom. The van der Waals surface area contributed by atoms with Crippen LogP contribution < -0.4 is 44.9 Å². The molecule has 4 nitrogen and oxygen atoms in total. The summed E-state index contributed by atoms with van der Waals surface area (Å²) < 4.78 is 14.2. The van der Waals surface area contributed by atoms with E-state index >= 15 is 0 Å². The molecule has 1 aliphatic rings. The number of nitrogens with one attached hydrogen (secondary N) is 1. The van der Waals surface area contributed by atoms with Crippen LogP contribution in [-0.2, 0) is 30.7 Å². The van der Waals surface area contributed by atoms with Gasteiger partial charge < -0.3 is 20.1 Å². The van der Waals surface area contributed by atoms with Gasteiger partial charge in [-0.2, -0.15) is 0 Å². The Morgan fingerprint density at radius 3 is 2.59 bits per heavy atom. The van der Waals surface area contributed by atoms with Gasteiger partial charge in [0, 0.05) is 37.0 Å². The zero-order valence-corrected chi connectivity index (χ0v) is 20.4. The van der Waals surface area contributed by atoms with Crippen LogP contribution in [0.2, 0.25) is 0 Å². The molecular formula is C26H26FN2NaO2. The van der Waals surface area contributed by atoms with Gasteiger partial charge in [0.05, 0.1) is 0 Å². The molecular weight excluding hydrogens is 414 g/mol. The van der Waals surface area contributed by atoms with Crippen molar-refractivity contribution in [1.29, 1.82) is 0 Å². The van der Waals surface area contributed by atoms with Crippen LogP contribution in [0.1, 0.15) is 35.1 Å². The van der Waals surface area contributed by atoms with E-state index in [1.165, 1.54) is 22.9 Å². The summed E-state index contributed by atoms with van der Waals surface area (Å²) in [6.45, 7) is 2.52. The van der Waals surface area contributed by atoms with Gasteiger partial charge in [0.15, 0.2) is 0 Å². The van der Waals surface area contributed by atoms with Gasteiger partial charge in [-0.3, -0.25) is 0 Å². The summed E-state index contributed by atoms with van der Waals surface area (Å²) in [6.07, 6.45) is 2.20. The smallest absolute Gasteiger partial charge is 0.550 e. The second-order valence-electron chi connectivity index (χ2n) is 8.01. The van der Waals surface area contributed by atoms with E-state index in [-0.39, 0.29) is 42.4 Å². The monoisotopic (exact) mass is 440 g/mol. The molecule has 0 saturated heterocycles. The number of benzene rings is 3. The zero-order valence-electron chi connectivity index (χ0n) is 18.4. The summed E-state index contributed by atoms with van der Waals surface area (Å²) in [6, 6.07) is 21.9. The maximum Gasteiger partial charge on any atom is 1.00 e. The fourth-order valence-electron chi connectivity index (χ4n) is 4.07. The number of fused-ring (bicyclic) bond motifs is 1. The molecule has 0 spiro atoms. The van der Waals surface area contributed by atoms with Gasteiger partial charge in [-0.1, -0.05) is 48.5 Å². The van der Waals surface area contributed by atoms with E-state index in [9.17, 15) is 14.3 Å². The summed E-state index contributed by atoms with van der Waals surface area (Å²) in [5.41, 5.74) is 6.15. The number of nitrogens with zero attached hydrogens (tertiary/aromatic N) is 1. The molecule has 160 valence electrons. The van der Waals surface area contributed by atoms with Crippen molar-refractivity contribution >= 4 is 17.3 Å². The molecule has 0 aliphatic carbocycles. The fraction of sp³-hybridized carbons (Fsp3) is 0.269. The molecule has 0 aromatic heterocycles. The van der Waals surface area contributed by atoms with Crippen LogP contribution in [0.4, 0.5) is 15.8 Å². The number of carboxylic acids is 1. The van der Waals surface area contributed by atoms with Crippen molar-refractivity contribution in [2.24, 2.45) is 0 Å². The Labute approximate surface area is 210 Å². The average Bonchev–Trinajstić information content (AvgIpc) is 2.78. The first-order valence-electron chi connectivity index (χ1n) is 10.7. The van der Waals surface area contributed by atoms with Crippen LogP contribution in [0.25, 0.3) is 0 Å². The normalized spacial score (nSPS) is 12.6. The first kappa shape index (κ1) is 24.3. The van der Waals surface area contributed by atoms with E-state index in [4.69, 9.17) is 0 Å². The molecule has 0 fully saturated rings. The van der Waals surface area contributed by atoms with Crippen LogP contribution in [0.5, 0.6) is 0 Å². The van der Waals surface area contributed by atoms with Crippen molar-refractivity contribution in [3.63, 3.8) is 0 Å². The van der Waals surface area contributed by atoms with Crippen LogP contribution in [0.3, 0.4) is 0 Å². The zero-order chi connectivity index (χ0) is 21.6. The van der Waals surface area contributed by atoms with Gasteiger partial charge in [0.2, 0.25) is 0 Å². The Bertz CT molecular complexity index is 1060. The summed E-state index contributed by atoms with van der Waals surface area (Å²) in [5.74, 6) is -1.57. The minimum atomic E-state index is -1.17. The third kappa shape index (κ3) is 6.35. The molecule has 32 heavy (non-hydrogen) atoms. The molecule has 3 aromatic rings. The average molecular weight is 440 g/mol.